The smallest absolute Gasteiger partial charge is 0.131 e. The van der Waals surface area contributed by atoms with Gasteiger partial charge in [0.05, 0.1) is 0 Å². The second kappa shape index (κ2) is 3.50. The van der Waals surface area contributed by atoms with Gasteiger partial charge in [0.15, 0.2) is 0 Å². The molecule has 2 heteroatoms. The van der Waals surface area contributed by atoms with E-state index in [2.05, 4.69) is 6.07 Å². The molecule has 1 nitrogen and oxygen atoms in total. The van der Waals surface area contributed by atoms with E-state index in [9.17, 15) is 9.50 Å². The van der Waals surface area contributed by atoms with Crippen LogP contribution < -0.4 is 0 Å². The molecule has 0 heterocycles. The Balaban J connectivity index is 2.50. The van der Waals surface area contributed by atoms with Crippen molar-refractivity contribution >= 4 is 0 Å². The molecule has 0 atom stereocenters. The van der Waals surface area contributed by atoms with E-state index in [1.807, 2.05) is 0 Å². The van der Waals surface area contributed by atoms with Gasteiger partial charge in [-0.1, -0.05) is 30.3 Å². The first-order valence-electron chi connectivity index (χ1n) is 4.23. The summed E-state index contributed by atoms with van der Waals surface area (Å²) in [6, 6.07) is 13.8. The highest BCUT2D eigenvalue weighted by Crippen LogP contribution is 2.27. The van der Waals surface area contributed by atoms with Crippen molar-refractivity contribution in [1.82, 2.24) is 0 Å². The summed E-state index contributed by atoms with van der Waals surface area (Å²) < 4.78 is 12.6. The number of benzene rings is 2. The largest absolute Gasteiger partial charge is 0.507 e. The molecular weight excluding hydrogens is 179 g/mol. The first-order chi connectivity index (χ1) is 6.77. The monoisotopic (exact) mass is 187 g/mol. The van der Waals surface area contributed by atoms with Gasteiger partial charge in [0, 0.05) is 11.6 Å². The van der Waals surface area contributed by atoms with Crippen molar-refractivity contribution in [2.75, 3.05) is 0 Å². The molecular formula is C12H8FO. The summed E-state index contributed by atoms with van der Waals surface area (Å²) in [7, 11) is 0. The van der Waals surface area contributed by atoms with Crippen LogP contribution in [0.25, 0.3) is 11.1 Å². The summed E-state index contributed by atoms with van der Waals surface area (Å²) in [6.45, 7) is 0. The third-order valence-corrected chi connectivity index (χ3v) is 1.99. The van der Waals surface area contributed by atoms with Gasteiger partial charge < -0.3 is 5.11 Å². The minimum Gasteiger partial charge on any atom is -0.507 e. The predicted octanol–water partition coefficient (Wildman–Crippen LogP) is 3.00. The fourth-order valence-corrected chi connectivity index (χ4v) is 1.29. The van der Waals surface area contributed by atoms with Gasteiger partial charge in [-0.2, -0.15) is 0 Å². The minimum atomic E-state index is -0.284. The van der Waals surface area contributed by atoms with E-state index >= 15 is 0 Å². The Morgan fingerprint density at radius 2 is 1.79 bits per heavy atom. The molecule has 14 heavy (non-hydrogen) atoms. The third-order valence-electron chi connectivity index (χ3n) is 1.99. The van der Waals surface area contributed by atoms with Crippen LogP contribution in [-0.4, -0.2) is 5.11 Å². The molecule has 0 saturated heterocycles. The molecule has 0 bridgehead atoms. The van der Waals surface area contributed by atoms with Gasteiger partial charge in [-0.15, -0.1) is 0 Å². The summed E-state index contributed by atoms with van der Waals surface area (Å²) in [5.41, 5.74) is 1.44. The Morgan fingerprint density at radius 3 is 2.43 bits per heavy atom. The zero-order valence-electron chi connectivity index (χ0n) is 7.37. The van der Waals surface area contributed by atoms with E-state index in [1.54, 1.807) is 30.3 Å². The molecule has 0 spiro atoms. The summed E-state index contributed by atoms with van der Waals surface area (Å²) in [5, 5.41) is 9.48. The van der Waals surface area contributed by atoms with Crippen LogP contribution in [-0.2, 0) is 0 Å². The number of phenols is 1. The van der Waals surface area contributed by atoms with E-state index in [0.29, 0.717) is 5.56 Å². The Hall–Kier alpha value is -1.83. The predicted molar refractivity (Wildman–Crippen MR) is 52.3 cm³/mol. The first-order valence-corrected chi connectivity index (χ1v) is 4.23. The minimum absolute atomic E-state index is 0.0825. The molecule has 0 unspecified atom stereocenters. The van der Waals surface area contributed by atoms with Crippen LogP contribution in [0.5, 0.6) is 5.75 Å². The third kappa shape index (κ3) is 1.59. The lowest BCUT2D eigenvalue weighted by Crippen LogP contribution is -1.79. The molecule has 1 radical (unpaired) electrons. The van der Waals surface area contributed by atoms with E-state index in [4.69, 9.17) is 0 Å². The molecule has 0 saturated carbocycles. The average molecular weight is 187 g/mol. The van der Waals surface area contributed by atoms with Gasteiger partial charge in [-0.25, -0.2) is 4.39 Å². The number of hydrogen-bond donors (Lipinski definition) is 1. The Kier molecular flexibility index (Phi) is 2.19. The summed E-state index contributed by atoms with van der Waals surface area (Å²) in [5.74, 6) is -0.202. The highest BCUT2D eigenvalue weighted by atomic mass is 19.1. The van der Waals surface area contributed by atoms with Crippen molar-refractivity contribution in [3.8, 4) is 16.9 Å². The normalized spacial score (nSPS) is 10.1. The lowest BCUT2D eigenvalue weighted by atomic mass is 10.1. The molecule has 2 aromatic carbocycles. The Morgan fingerprint density at radius 1 is 1.07 bits per heavy atom. The molecule has 0 fully saturated rings. The van der Waals surface area contributed by atoms with E-state index < -0.39 is 0 Å². The molecule has 0 aromatic heterocycles. The van der Waals surface area contributed by atoms with E-state index in [0.717, 1.165) is 5.56 Å². The van der Waals surface area contributed by atoms with Crippen LogP contribution in [0.3, 0.4) is 0 Å². The van der Waals surface area contributed by atoms with Crippen LogP contribution in [0, 0.1) is 11.9 Å². The van der Waals surface area contributed by atoms with Crippen LogP contribution in [0.4, 0.5) is 4.39 Å². The van der Waals surface area contributed by atoms with Crippen molar-refractivity contribution < 1.29 is 9.50 Å². The number of hydrogen-bond acceptors (Lipinski definition) is 1. The Bertz CT molecular complexity index is 434. The topological polar surface area (TPSA) is 20.2 Å². The van der Waals surface area contributed by atoms with Gasteiger partial charge in [-0.05, 0) is 17.7 Å². The van der Waals surface area contributed by atoms with Crippen molar-refractivity contribution in [3.05, 3.63) is 54.3 Å². The molecule has 0 amide bonds. The van der Waals surface area contributed by atoms with E-state index in [-0.39, 0.29) is 11.6 Å². The standard InChI is InChI=1S/C12H8FO/c13-10-7-5-9(6-8-10)11-3-1-2-4-12(11)14/h1-3,5-8,14H. The molecule has 2 rings (SSSR count). The number of rotatable bonds is 1. The van der Waals surface area contributed by atoms with Crippen molar-refractivity contribution in [2.45, 2.75) is 0 Å². The van der Waals surface area contributed by atoms with Gasteiger partial charge in [0.1, 0.15) is 11.6 Å². The molecule has 1 N–H and O–H groups in total. The van der Waals surface area contributed by atoms with Crippen molar-refractivity contribution in [1.29, 1.82) is 0 Å². The molecule has 2 aromatic rings. The maximum atomic E-state index is 12.6. The Labute approximate surface area is 81.4 Å². The second-order valence-corrected chi connectivity index (χ2v) is 2.94. The fraction of sp³-hybridized carbons (Fsp3) is 0. The maximum absolute atomic E-state index is 12.6. The van der Waals surface area contributed by atoms with E-state index in [1.165, 1.54) is 12.1 Å². The lowest BCUT2D eigenvalue weighted by Gasteiger charge is -2.03. The van der Waals surface area contributed by atoms with Crippen molar-refractivity contribution in [2.24, 2.45) is 0 Å². The number of halogens is 1. The highest BCUT2D eigenvalue weighted by molar-refractivity contribution is 5.69. The molecule has 0 aliphatic rings. The number of phenolic OH excluding ortho intramolecular Hbond substituents is 1. The number of aromatic hydroxyl groups is 1. The van der Waals surface area contributed by atoms with Crippen LogP contribution in [0.15, 0.2) is 42.5 Å². The number of para-hydroxylation sites is 1. The molecule has 0 aliphatic heterocycles. The quantitative estimate of drug-likeness (QED) is 0.727. The van der Waals surface area contributed by atoms with Gasteiger partial charge in [0.25, 0.3) is 0 Å². The zero-order valence-corrected chi connectivity index (χ0v) is 7.37. The lowest BCUT2D eigenvalue weighted by molar-refractivity contribution is 0.476. The SMILES string of the molecule is Oc1[c]cccc1-c1ccc(F)cc1. The van der Waals surface area contributed by atoms with Crippen LogP contribution >= 0.6 is 0 Å². The summed E-state index contributed by atoms with van der Waals surface area (Å²) in [6.07, 6.45) is 0. The molecule has 69 valence electrons. The highest BCUT2D eigenvalue weighted by Gasteiger charge is 2.02. The first kappa shape index (κ1) is 8.75. The maximum Gasteiger partial charge on any atom is 0.131 e. The zero-order chi connectivity index (χ0) is 9.97. The van der Waals surface area contributed by atoms with Crippen LogP contribution in [0.2, 0.25) is 0 Å². The van der Waals surface area contributed by atoms with Crippen LogP contribution in [0.1, 0.15) is 0 Å². The average Bonchev–Trinajstić information content (AvgIpc) is 2.20. The van der Waals surface area contributed by atoms with Gasteiger partial charge in [-0.3, -0.25) is 0 Å². The summed E-state index contributed by atoms with van der Waals surface area (Å²) >= 11 is 0. The van der Waals surface area contributed by atoms with Gasteiger partial charge >= 0.3 is 0 Å². The van der Waals surface area contributed by atoms with Gasteiger partial charge in [0.2, 0.25) is 0 Å². The summed E-state index contributed by atoms with van der Waals surface area (Å²) in [4.78, 5) is 0. The van der Waals surface area contributed by atoms with Crippen molar-refractivity contribution in [3.63, 3.8) is 0 Å². The molecule has 0 aliphatic carbocycles. The fourth-order valence-electron chi connectivity index (χ4n) is 1.29. The second-order valence-electron chi connectivity index (χ2n) is 2.94.